The van der Waals surface area contributed by atoms with Gasteiger partial charge in [0.25, 0.3) is 0 Å². The van der Waals surface area contributed by atoms with Crippen LogP contribution in [0.15, 0.2) is 0 Å². The molecule has 0 saturated heterocycles. The number of halogens is 4. The van der Waals surface area contributed by atoms with Gasteiger partial charge >= 0.3 is 58.6 Å². The molecule has 0 aromatic heterocycles. The second kappa shape index (κ2) is 3.43. The molecule has 0 amide bonds. The summed E-state index contributed by atoms with van der Waals surface area (Å²) in [5.41, 5.74) is 0. The third-order valence-electron chi connectivity index (χ3n) is 0. The minimum absolute atomic E-state index is 0. The van der Waals surface area contributed by atoms with Crippen molar-refractivity contribution in [3.8, 4) is 0 Å². The molecule has 0 fully saturated rings. The Bertz CT molecular complexity index is 23.0. The molecular weight excluding hydrogens is 126 g/mol. The van der Waals surface area contributed by atoms with E-state index in [4.69, 9.17) is 0 Å². The molecule has 0 saturated carbocycles. The van der Waals surface area contributed by atoms with Gasteiger partial charge in [-0.3, -0.25) is 0 Å². The molecule has 0 N–H and O–H groups in total. The number of hydrogen-bond donors (Lipinski definition) is 0. The smallest absolute Gasteiger partial charge is 0.418 e. The van der Waals surface area contributed by atoms with E-state index in [1.54, 1.807) is 0 Å². The van der Waals surface area contributed by atoms with Crippen molar-refractivity contribution in [1.82, 2.24) is 0 Å². The third-order valence-corrected chi connectivity index (χ3v) is 0. The zero-order chi connectivity index (χ0) is 4.50. The van der Waals surface area contributed by atoms with Crippen LogP contribution in [0.2, 0.25) is 0 Å². The Balaban J connectivity index is 0. The second-order valence-electron chi connectivity index (χ2n) is 0.495. The normalized spacial score (nSPS) is 10.0. The Labute approximate surface area is 74.8 Å². The zero-order valence-electron chi connectivity index (χ0n) is 3.09. The Morgan fingerprint density at radius 2 is 0.833 bits per heavy atom. The van der Waals surface area contributed by atoms with Gasteiger partial charge in [-0.1, -0.05) is 0 Å². The minimum Gasteiger partial charge on any atom is -0.418 e. The summed E-state index contributed by atoms with van der Waals surface area (Å²) in [4.78, 5) is 0. The molecule has 0 aromatic carbocycles. The van der Waals surface area contributed by atoms with Gasteiger partial charge in [0.05, 0.1) is 0 Å². The van der Waals surface area contributed by atoms with E-state index in [0.29, 0.717) is 0 Å². The Morgan fingerprint density at radius 3 is 0.833 bits per heavy atom. The monoisotopic (exact) mass is 126 g/mol. The molecule has 0 aliphatic carbocycles. The molecule has 0 rings (SSSR count). The maximum Gasteiger partial charge on any atom is 1.00 e. The van der Waals surface area contributed by atoms with E-state index in [0.717, 1.165) is 0 Å². The van der Waals surface area contributed by atoms with Crippen molar-refractivity contribution in [2.75, 3.05) is 0 Å². The fourth-order valence-corrected chi connectivity index (χ4v) is 0. The first-order valence-corrected chi connectivity index (χ1v) is 0.873. The fourth-order valence-electron chi connectivity index (χ4n) is 0. The largest absolute Gasteiger partial charge is 1.00 e. The molecule has 0 radical (unpaired) electrons. The Kier molecular flexibility index (Phi) is 5.95. The minimum atomic E-state index is -6.00. The summed E-state index contributed by atoms with van der Waals surface area (Å²) in [6, 6.07) is 0. The maximum atomic E-state index is 9.75. The van der Waals surface area contributed by atoms with Crippen LogP contribution in [-0.2, 0) is 0 Å². The van der Waals surface area contributed by atoms with Gasteiger partial charge in [-0.25, -0.2) is 0 Å². The molecule has 0 spiro atoms. The number of hydrogen-bond acceptors (Lipinski definition) is 0. The van der Waals surface area contributed by atoms with E-state index in [1.165, 1.54) is 0 Å². The third kappa shape index (κ3) is 52.5. The molecule has 0 heterocycles. The van der Waals surface area contributed by atoms with Crippen LogP contribution >= 0.6 is 0 Å². The summed E-state index contributed by atoms with van der Waals surface area (Å²) in [6.45, 7) is 0. The fraction of sp³-hybridized carbons (Fsp3) is 0. The molecule has 6 heteroatoms. The van der Waals surface area contributed by atoms with Crippen LogP contribution in [0.25, 0.3) is 0 Å². The zero-order valence-corrected chi connectivity index (χ0v) is 6.21. The van der Waals surface area contributed by atoms with Crippen LogP contribution in [0, 0.1) is 0 Å². The average Bonchev–Trinajstić information content (AvgIpc) is 0.722. The van der Waals surface area contributed by atoms with Gasteiger partial charge < -0.3 is 17.3 Å². The van der Waals surface area contributed by atoms with Crippen molar-refractivity contribution < 1.29 is 68.6 Å². The summed E-state index contributed by atoms with van der Waals surface area (Å²) in [6.07, 6.45) is 0. The summed E-state index contributed by atoms with van der Waals surface area (Å²) >= 11 is 0. The SMILES string of the molecule is F[B-](F)(F)F.[K+]. The summed E-state index contributed by atoms with van der Waals surface area (Å²) in [7, 11) is -6.00. The van der Waals surface area contributed by atoms with E-state index < -0.39 is 7.25 Å². The van der Waals surface area contributed by atoms with Crippen LogP contribution in [0.3, 0.4) is 0 Å². The number of rotatable bonds is 0. The van der Waals surface area contributed by atoms with E-state index in [2.05, 4.69) is 0 Å². The predicted molar refractivity (Wildman–Crippen MR) is 10.2 cm³/mol. The van der Waals surface area contributed by atoms with Crippen molar-refractivity contribution in [2.24, 2.45) is 0 Å². The van der Waals surface area contributed by atoms with E-state index >= 15 is 0 Å². The predicted octanol–water partition coefficient (Wildman–Crippen LogP) is -1.70. The van der Waals surface area contributed by atoms with Gasteiger partial charge in [0.15, 0.2) is 0 Å². The molecule has 0 unspecified atom stereocenters. The van der Waals surface area contributed by atoms with Crippen LogP contribution in [0.5, 0.6) is 0 Å². The Morgan fingerprint density at radius 1 is 0.833 bits per heavy atom. The molecule has 6 heavy (non-hydrogen) atoms. The topological polar surface area (TPSA) is 0 Å². The van der Waals surface area contributed by atoms with E-state index in [1.807, 2.05) is 0 Å². The van der Waals surface area contributed by atoms with Crippen molar-refractivity contribution in [3.63, 3.8) is 0 Å². The molecule has 0 aliphatic rings. The molecule has 0 bridgehead atoms. The van der Waals surface area contributed by atoms with Crippen LogP contribution in [0.4, 0.5) is 17.3 Å². The van der Waals surface area contributed by atoms with Crippen molar-refractivity contribution in [1.29, 1.82) is 0 Å². The van der Waals surface area contributed by atoms with Crippen molar-refractivity contribution in [3.05, 3.63) is 0 Å². The summed E-state index contributed by atoms with van der Waals surface area (Å²) in [5, 5.41) is 0. The molecule has 32 valence electrons. The van der Waals surface area contributed by atoms with Gasteiger partial charge in [-0.2, -0.15) is 0 Å². The van der Waals surface area contributed by atoms with E-state index in [9.17, 15) is 17.3 Å². The Hall–Kier alpha value is 1.42. The molecule has 0 aliphatic heterocycles. The van der Waals surface area contributed by atoms with Crippen molar-refractivity contribution in [2.45, 2.75) is 0 Å². The molecule has 0 nitrogen and oxygen atoms in total. The van der Waals surface area contributed by atoms with Gasteiger partial charge in [-0.15, -0.1) is 0 Å². The van der Waals surface area contributed by atoms with Crippen LogP contribution < -0.4 is 51.4 Å². The van der Waals surface area contributed by atoms with Gasteiger partial charge in [-0.05, 0) is 0 Å². The summed E-state index contributed by atoms with van der Waals surface area (Å²) < 4.78 is 39.0. The van der Waals surface area contributed by atoms with Crippen molar-refractivity contribution >= 4 is 7.25 Å². The first kappa shape index (κ1) is 10.4. The quantitative estimate of drug-likeness (QED) is 0.268. The van der Waals surface area contributed by atoms with Crippen LogP contribution in [-0.4, -0.2) is 7.25 Å². The molecular formula is BF4K. The van der Waals surface area contributed by atoms with E-state index in [-0.39, 0.29) is 51.4 Å². The first-order valence-electron chi connectivity index (χ1n) is 0.873. The summed E-state index contributed by atoms with van der Waals surface area (Å²) in [5.74, 6) is 0. The van der Waals surface area contributed by atoms with Gasteiger partial charge in [0, 0.05) is 0 Å². The maximum absolute atomic E-state index is 9.75. The van der Waals surface area contributed by atoms with Gasteiger partial charge in [0.2, 0.25) is 0 Å². The first-order chi connectivity index (χ1) is 2.00. The standard InChI is InChI=1S/BF4.K/c2-1(3,4)5;/q-1;+1. The molecule has 0 atom stereocenters. The average molecular weight is 126 g/mol. The molecule has 0 aromatic rings. The second-order valence-corrected chi connectivity index (χ2v) is 0.495. The van der Waals surface area contributed by atoms with Gasteiger partial charge in [0.1, 0.15) is 0 Å². The van der Waals surface area contributed by atoms with Crippen LogP contribution in [0.1, 0.15) is 0 Å².